The number of carbonyl (C=O) groups is 2. The molecule has 0 aromatic heterocycles. The van der Waals surface area contributed by atoms with Crippen LogP contribution in [0.15, 0.2) is 24.3 Å². The zero-order chi connectivity index (χ0) is 28.5. The molecule has 41 heavy (non-hydrogen) atoms. The van der Waals surface area contributed by atoms with Gasteiger partial charge in [0.05, 0.1) is 0 Å². The van der Waals surface area contributed by atoms with E-state index in [-0.39, 0.29) is 73.9 Å². The van der Waals surface area contributed by atoms with E-state index in [1.807, 2.05) is 0 Å². The van der Waals surface area contributed by atoms with Crippen molar-refractivity contribution in [1.82, 2.24) is 0 Å². The zero-order valence-corrected chi connectivity index (χ0v) is 32.3. The minimum absolute atomic E-state index is 0. The summed E-state index contributed by atoms with van der Waals surface area (Å²) < 4.78 is 4.99. The van der Waals surface area contributed by atoms with E-state index in [1.54, 1.807) is 0 Å². The van der Waals surface area contributed by atoms with E-state index in [4.69, 9.17) is 4.74 Å². The molecule has 0 spiro atoms. The van der Waals surface area contributed by atoms with Gasteiger partial charge in [-0.05, 0) is 64.2 Å². The molecular formula is C36H68Na2O3. The number of esters is 2. The maximum Gasteiger partial charge on any atom is 1.00 e. The summed E-state index contributed by atoms with van der Waals surface area (Å²) in [6.45, 7) is 4.53. The number of allylic oxidation sites excluding steroid dienone is 4. The first-order valence-electron chi connectivity index (χ1n) is 17.2. The van der Waals surface area contributed by atoms with E-state index in [1.165, 1.54) is 128 Å². The summed E-state index contributed by atoms with van der Waals surface area (Å²) in [4.78, 5) is 23.8. The average molecular weight is 595 g/mol. The number of hydrogen-bond acceptors (Lipinski definition) is 3. The second kappa shape index (κ2) is 40.6. The average Bonchev–Trinajstić information content (AvgIpc) is 2.93. The number of unbranched alkanes of at least 4 members (excludes halogenated alkanes) is 22. The minimum atomic E-state index is -0.342. The second-order valence-electron chi connectivity index (χ2n) is 11.5. The van der Waals surface area contributed by atoms with Gasteiger partial charge in [0.15, 0.2) is 0 Å². The van der Waals surface area contributed by atoms with Crippen LogP contribution in [0.25, 0.3) is 0 Å². The smallest absolute Gasteiger partial charge is 1.00 e. The molecule has 0 saturated heterocycles. The molecule has 0 fully saturated rings. The quantitative estimate of drug-likeness (QED) is 0.0319. The fourth-order valence-electron chi connectivity index (χ4n) is 4.91. The molecule has 0 aliphatic carbocycles. The Labute approximate surface area is 303 Å². The molecule has 0 aliphatic heterocycles. The summed E-state index contributed by atoms with van der Waals surface area (Å²) in [5.74, 6) is -0.684. The third kappa shape index (κ3) is 40.6. The number of ether oxygens (including phenoxy) is 1. The number of hydrogen-bond donors (Lipinski definition) is 0. The molecule has 0 unspecified atom stereocenters. The molecule has 0 amide bonds. The van der Waals surface area contributed by atoms with Crippen molar-refractivity contribution < 1.29 is 76.3 Å². The summed E-state index contributed by atoms with van der Waals surface area (Å²) in [5.41, 5.74) is 0. The Balaban J connectivity index is -0.00000120. The van der Waals surface area contributed by atoms with E-state index in [0.717, 1.165) is 38.5 Å². The van der Waals surface area contributed by atoms with Gasteiger partial charge in [0.2, 0.25) is 0 Å². The molecule has 0 rings (SSSR count). The molecular weight excluding hydrogens is 526 g/mol. The van der Waals surface area contributed by atoms with Crippen molar-refractivity contribution in [1.29, 1.82) is 0 Å². The van der Waals surface area contributed by atoms with Crippen LogP contribution in [0, 0.1) is 0 Å². The molecule has 232 valence electrons. The van der Waals surface area contributed by atoms with Crippen molar-refractivity contribution in [2.45, 2.75) is 194 Å². The van der Waals surface area contributed by atoms with Gasteiger partial charge >= 0.3 is 71.1 Å². The number of rotatable bonds is 30. The first kappa shape index (κ1) is 46.0. The Kier molecular flexibility index (Phi) is 45.6. The minimum Gasteiger partial charge on any atom is -1.00 e. The van der Waals surface area contributed by atoms with E-state index in [0.29, 0.717) is 12.8 Å². The Morgan fingerprint density at radius 3 is 0.951 bits per heavy atom. The summed E-state index contributed by atoms with van der Waals surface area (Å²) >= 11 is 0. The van der Waals surface area contributed by atoms with Crippen LogP contribution >= 0.6 is 0 Å². The predicted octanol–water partition coefficient (Wildman–Crippen LogP) is 6.36. The molecule has 0 heterocycles. The molecule has 0 aliphatic rings. The standard InChI is InChI=1S/C36H66O3.2Na.2H/c1-3-5-7-9-11-13-15-17-19-21-23-25-27-29-31-33-35(37)39-36(38)34-32-30-28-26-24-22-20-18-16-14-12-10-8-6-4-2;;;;/h17-20H,3-16,21-34H2,1-2H3;;;;/q;2*+1;2*-1/b19-17-,20-18-;;;;. The molecule has 5 heteroatoms. The van der Waals surface area contributed by atoms with Crippen LogP contribution in [0.2, 0.25) is 0 Å². The van der Waals surface area contributed by atoms with Crippen LogP contribution in [0.1, 0.15) is 196 Å². The van der Waals surface area contributed by atoms with E-state index in [9.17, 15) is 9.59 Å². The van der Waals surface area contributed by atoms with Gasteiger partial charge < -0.3 is 7.59 Å². The van der Waals surface area contributed by atoms with Crippen LogP contribution in [0.5, 0.6) is 0 Å². The van der Waals surface area contributed by atoms with Gasteiger partial charge in [-0.25, -0.2) is 0 Å². The molecule has 0 N–H and O–H groups in total. The van der Waals surface area contributed by atoms with Crippen molar-refractivity contribution in [2.75, 3.05) is 0 Å². The zero-order valence-electron chi connectivity index (χ0n) is 30.3. The molecule has 0 aromatic carbocycles. The summed E-state index contributed by atoms with van der Waals surface area (Å²) in [6.07, 6.45) is 42.2. The van der Waals surface area contributed by atoms with Crippen molar-refractivity contribution in [2.24, 2.45) is 0 Å². The normalized spacial score (nSPS) is 11.1. The molecule has 3 nitrogen and oxygen atoms in total. The van der Waals surface area contributed by atoms with Crippen LogP contribution in [-0.2, 0) is 14.3 Å². The van der Waals surface area contributed by atoms with Gasteiger partial charge in [-0.15, -0.1) is 0 Å². The van der Waals surface area contributed by atoms with Crippen LogP contribution in [0.3, 0.4) is 0 Å². The van der Waals surface area contributed by atoms with Crippen molar-refractivity contribution >= 4 is 11.9 Å². The fraction of sp³-hybridized carbons (Fsp3) is 0.833. The number of carbonyl (C=O) groups excluding carboxylic acids is 2. The Hall–Kier alpha value is 0.620. The monoisotopic (exact) mass is 594 g/mol. The van der Waals surface area contributed by atoms with Crippen molar-refractivity contribution in [3.05, 3.63) is 24.3 Å². The van der Waals surface area contributed by atoms with Gasteiger partial charge in [0.1, 0.15) is 0 Å². The third-order valence-corrected chi connectivity index (χ3v) is 7.51. The summed E-state index contributed by atoms with van der Waals surface area (Å²) in [6, 6.07) is 0. The largest absolute Gasteiger partial charge is 1.00 e. The molecule has 0 aromatic rings. The summed E-state index contributed by atoms with van der Waals surface area (Å²) in [5, 5.41) is 0. The SMILES string of the molecule is CCCCCCCC/C=C\CCCCCCCC(=O)OC(=O)CCCCCCC/C=C\CCCCCCCC.[H-].[H-].[Na+].[Na+]. The summed E-state index contributed by atoms with van der Waals surface area (Å²) in [7, 11) is 0. The van der Waals surface area contributed by atoms with Crippen molar-refractivity contribution in [3.63, 3.8) is 0 Å². The first-order valence-corrected chi connectivity index (χ1v) is 17.2. The first-order chi connectivity index (χ1) is 19.2. The van der Waals surface area contributed by atoms with Gasteiger partial charge in [-0.3, -0.25) is 9.59 Å². The van der Waals surface area contributed by atoms with E-state index < -0.39 is 0 Å². The Morgan fingerprint density at radius 1 is 0.415 bits per heavy atom. The van der Waals surface area contributed by atoms with Gasteiger partial charge in [-0.1, -0.05) is 141 Å². The van der Waals surface area contributed by atoms with Gasteiger partial charge in [-0.2, -0.15) is 0 Å². The predicted molar refractivity (Wildman–Crippen MR) is 172 cm³/mol. The topological polar surface area (TPSA) is 43.4 Å². The second-order valence-corrected chi connectivity index (χ2v) is 11.5. The third-order valence-electron chi connectivity index (χ3n) is 7.51. The van der Waals surface area contributed by atoms with Crippen LogP contribution < -0.4 is 59.1 Å². The van der Waals surface area contributed by atoms with E-state index >= 15 is 0 Å². The van der Waals surface area contributed by atoms with Gasteiger partial charge in [0, 0.05) is 12.8 Å². The molecule has 0 atom stereocenters. The maximum absolute atomic E-state index is 11.9. The Bertz CT molecular complexity index is 551. The maximum atomic E-state index is 11.9. The van der Waals surface area contributed by atoms with Crippen molar-refractivity contribution in [3.8, 4) is 0 Å². The molecule has 0 radical (unpaired) electrons. The van der Waals surface area contributed by atoms with E-state index in [2.05, 4.69) is 38.2 Å². The van der Waals surface area contributed by atoms with Crippen LogP contribution in [-0.4, -0.2) is 11.9 Å². The molecule has 0 saturated carbocycles. The molecule has 0 bridgehead atoms. The fourth-order valence-corrected chi connectivity index (χ4v) is 4.91. The van der Waals surface area contributed by atoms with Crippen LogP contribution in [0.4, 0.5) is 0 Å². The Morgan fingerprint density at radius 2 is 0.659 bits per heavy atom. The van der Waals surface area contributed by atoms with Gasteiger partial charge in [0.25, 0.3) is 0 Å².